The summed E-state index contributed by atoms with van der Waals surface area (Å²) in [5.74, 6) is -7.80. The molecule has 0 aliphatic carbocycles. The van der Waals surface area contributed by atoms with E-state index in [9.17, 15) is 53.1 Å². The molecule has 404 valence electrons. The van der Waals surface area contributed by atoms with Crippen molar-refractivity contribution in [3.8, 4) is 0 Å². The van der Waals surface area contributed by atoms with Crippen molar-refractivity contribution in [3.05, 3.63) is 0 Å². The first-order valence-corrected chi connectivity index (χ1v) is 24.8. The van der Waals surface area contributed by atoms with Crippen molar-refractivity contribution < 1.29 is 53.1 Å². The van der Waals surface area contributed by atoms with Crippen LogP contribution in [0.5, 0.6) is 0 Å². The molecular formula is C47H85N13O11. The number of nitrogens with two attached hydrogens (primary N) is 2. The summed E-state index contributed by atoms with van der Waals surface area (Å²) in [5.41, 5.74) is 11.0. The second-order valence-corrected chi connectivity index (χ2v) is 18.8. The minimum Gasteiger partial charge on any atom is -0.391 e. The first-order chi connectivity index (χ1) is 33.3. The molecule has 1 saturated heterocycles. The van der Waals surface area contributed by atoms with Crippen LogP contribution < -0.4 is 48.7 Å². The summed E-state index contributed by atoms with van der Waals surface area (Å²) in [7, 11) is 2.70. The van der Waals surface area contributed by atoms with Crippen molar-refractivity contribution in [2.24, 2.45) is 34.2 Å². The highest BCUT2D eigenvalue weighted by molar-refractivity contribution is 5.98. The molecule has 0 radical (unpaired) electrons. The van der Waals surface area contributed by atoms with Crippen LogP contribution in [-0.2, 0) is 47.9 Å². The van der Waals surface area contributed by atoms with E-state index in [-0.39, 0.29) is 43.7 Å². The molecule has 0 aromatic rings. The van der Waals surface area contributed by atoms with E-state index in [2.05, 4.69) is 42.2 Å². The number of hydrogen-bond donors (Lipinski definition) is 10. The quantitative estimate of drug-likeness (QED) is 0.0211. The predicted octanol–water partition coefficient (Wildman–Crippen LogP) is -2.06. The van der Waals surface area contributed by atoms with Crippen molar-refractivity contribution in [3.63, 3.8) is 0 Å². The number of aliphatic imine (C=N–C) groups is 1. The molecule has 0 aromatic carbocycles. The monoisotopic (exact) mass is 1010 g/mol. The van der Waals surface area contributed by atoms with Gasteiger partial charge >= 0.3 is 0 Å². The number of hydrogen-bond acceptors (Lipinski definition) is 12. The number of carbonyl (C=O) groups excluding carboxylic acids is 10. The van der Waals surface area contributed by atoms with Gasteiger partial charge in [-0.2, -0.15) is 0 Å². The SMILES string of the molecule is CCC[C@H](NC(=O)[C@H]([C@@H](C)O)N(C)C(=O)[C@H](NC(=O)[C@@H](NC(=O)CNC(=O)CN(C)C(C)=O)C(C)C)[C@@H](C)CC)C(=O)N[C@H](C(=O)N[C@@H](CCCN=C(N)N)C(=O)N1CCC[C@H]1C(=O)NCC)[C@@H](C)CC. The molecule has 10 amide bonds. The normalized spacial score (nSPS) is 17.0. The van der Waals surface area contributed by atoms with Gasteiger partial charge in [0.1, 0.15) is 42.3 Å². The van der Waals surface area contributed by atoms with Gasteiger partial charge in [-0.25, -0.2) is 0 Å². The van der Waals surface area contributed by atoms with Gasteiger partial charge < -0.3 is 68.5 Å². The highest BCUT2D eigenvalue weighted by Gasteiger charge is 2.41. The zero-order valence-electron chi connectivity index (χ0n) is 44.0. The van der Waals surface area contributed by atoms with Gasteiger partial charge in [0, 0.05) is 40.7 Å². The molecule has 24 nitrogen and oxygen atoms in total. The van der Waals surface area contributed by atoms with Crippen LogP contribution in [0, 0.1) is 17.8 Å². The number of amides is 10. The van der Waals surface area contributed by atoms with Crippen molar-refractivity contribution in [2.75, 3.05) is 46.8 Å². The highest BCUT2D eigenvalue weighted by Crippen LogP contribution is 2.21. The van der Waals surface area contributed by atoms with E-state index in [1.54, 1.807) is 48.5 Å². The number of carbonyl (C=O) groups is 10. The molecular weight excluding hydrogens is 923 g/mol. The second-order valence-electron chi connectivity index (χ2n) is 18.8. The van der Waals surface area contributed by atoms with E-state index in [0.29, 0.717) is 51.6 Å². The molecule has 1 aliphatic rings. The number of nitrogens with zero attached hydrogens (tertiary/aromatic N) is 4. The van der Waals surface area contributed by atoms with E-state index in [4.69, 9.17) is 11.5 Å². The Morgan fingerprint density at radius 3 is 1.83 bits per heavy atom. The standard InChI is InChI=1S/C47H85N13O11/c1-13-19-31(40(65)56-37(27(7)14-2)43(68)54-32(20-17-22-51-47(48)49)45(70)60-23-18-21-33(60)41(66)50-16-4)53-44(69)39(29(9)61)59(12)46(71)38(28(8)15-3)57-42(67)36(26(5)6)55-34(63)24-52-35(64)25-58(11)30(10)62/h26-29,31-33,36-39,61H,13-25H2,1-12H3,(H,50,66)(H,52,64)(H,53,69)(H,54,68)(H,55,63)(H,56,65)(H,57,67)(H4,48,49,51)/t27-,28-,29+,31-,32-,33-,36-,37-,38+,39-/m0/s1. The Balaban J connectivity index is 3.37. The minimum absolute atomic E-state index is 0.0890. The van der Waals surface area contributed by atoms with Crippen molar-refractivity contribution in [1.29, 1.82) is 0 Å². The van der Waals surface area contributed by atoms with Gasteiger partial charge in [0.25, 0.3) is 0 Å². The Kier molecular flexibility index (Phi) is 27.8. The number of aliphatic hydroxyl groups excluding tert-OH is 1. The van der Waals surface area contributed by atoms with Gasteiger partial charge in [-0.15, -0.1) is 0 Å². The van der Waals surface area contributed by atoms with Gasteiger partial charge in [-0.3, -0.25) is 52.9 Å². The van der Waals surface area contributed by atoms with Crippen LogP contribution in [0.3, 0.4) is 0 Å². The summed E-state index contributed by atoms with van der Waals surface area (Å²) in [6.07, 6.45) is 1.25. The van der Waals surface area contributed by atoms with E-state index < -0.39 is 120 Å². The molecule has 10 atom stereocenters. The minimum atomic E-state index is -1.57. The lowest BCUT2D eigenvalue weighted by Crippen LogP contribution is -2.63. The largest absolute Gasteiger partial charge is 0.391 e. The maximum absolute atomic E-state index is 14.3. The Morgan fingerprint density at radius 2 is 1.30 bits per heavy atom. The third-order valence-electron chi connectivity index (χ3n) is 12.7. The fourth-order valence-corrected chi connectivity index (χ4v) is 7.91. The van der Waals surface area contributed by atoms with E-state index in [1.807, 2.05) is 6.92 Å². The fourth-order valence-electron chi connectivity index (χ4n) is 7.91. The second kappa shape index (κ2) is 31.3. The van der Waals surface area contributed by atoms with Crippen molar-refractivity contribution in [2.45, 2.75) is 169 Å². The molecule has 71 heavy (non-hydrogen) atoms. The van der Waals surface area contributed by atoms with Crippen molar-refractivity contribution in [1.82, 2.24) is 51.9 Å². The summed E-state index contributed by atoms with van der Waals surface area (Å²) in [6.45, 7) is 16.6. The van der Waals surface area contributed by atoms with E-state index in [0.717, 1.165) is 9.80 Å². The molecule has 12 N–H and O–H groups in total. The molecule has 24 heteroatoms. The Hall–Kier alpha value is -6.07. The lowest BCUT2D eigenvalue weighted by Gasteiger charge is -2.35. The van der Waals surface area contributed by atoms with Gasteiger partial charge in [-0.1, -0.05) is 67.7 Å². The smallest absolute Gasteiger partial charge is 0.246 e. The highest BCUT2D eigenvalue weighted by atomic mass is 16.3. The van der Waals surface area contributed by atoms with Crippen LogP contribution in [-0.4, -0.2) is 180 Å². The molecule has 0 saturated carbocycles. The number of likely N-dealkylation sites (tertiary alicyclic amines) is 1. The first kappa shape index (κ1) is 62.9. The van der Waals surface area contributed by atoms with Crippen molar-refractivity contribution >= 4 is 65.0 Å². The van der Waals surface area contributed by atoms with Gasteiger partial charge in [0.15, 0.2) is 5.96 Å². The number of rotatable bonds is 30. The lowest BCUT2D eigenvalue weighted by atomic mass is 9.95. The third-order valence-corrected chi connectivity index (χ3v) is 12.7. The average molecular weight is 1010 g/mol. The van der Waals surface area contributed by atoms with Gasteiger partial charge in [-0.05, 0) is 63.7 Å². The third kappa shape index (κ3) is 20.3. The molecule has 0 unspecified atom stereocenters. The van der Waals surface area contributed by atoms with Gasteiger partial charge in [0.2, 0.25) is 59.1 Å². The fraction of sp³-hybridized carbons (Fsp3) is 0.766. The summed E-state index contributed by atoms with van der Waals surface area (Å²) in [4.78, 5) is 142. The molecule has 1 aliphatic heterocycles. The van der Waals surface area contributed by atoms with Crippen LogP contribution in [0.25, 0.3) is 0 Å². The molecule has 1 heterocycles. The number of likely N-dealkylation sites (N-methyl/N-ethyl adjacent to an activating group) is 3. The topological polar surface area (TPSA) is 349 Å². The van der Waals surface area contributed by atoms with Crippen LogP contribution in [0.4, 0.5) is 0 Å². The Morgan fingerprint density at radius 1 is 0.718 bits per heavy atom. The predicted molar refractivity (Wildman–Crippen MR) is 266 cm³/mol. The lowest BCUT2D eigenvalue weighted by molar-refractivity contribution is -0.147. The summed E-state index contributed by atoms with van der Waals surface area (Å²) >= 11 is 0. The molecule has 1 fully saturated rings. The van der Waals surface area contributed by atoms with E-state index >= 15 is 0 Å². The van der Waals surface area contributed by atoms with Gasteiger partial charge in [0.05, 0.1) is 19.2 Å². The number of aliphatic hydroxyl groups is 1. The Labute approximate surface area is 419 Å². The Bertz CT molecular complexity index is 1860. The van der Waals surface area contributed by atoms with E-state index in [1.165, 1.54) is 32.8 Å². The summed E-state index contributed by atoms with van der Waals surface area (Å²) in [5, 5.41) is 29.7. The first-order valence-electron chi connectivity index (χ1n) is 24.8. The van der Waals surface area contributed by atoms with Crippen LogP contribution in [0.1, 0.15) is 121 Å². The number of guanidine groups is 1. The number of nitrogens with one attached hydrogen (secondary N) is 7. The molecule has 0 aromatic heterocycles. The zero-order chi connectivity index (χ0) is 54.3. The molecule has 1 rings (SSSR count). The maximum atomic E-state index is 14.3. The molecule has 0 bridgehead atoms. The summed E-state index contributed by atoms with van der Waals surface area (Å²) in [6, 6.07) is -8.25. The summed E-state index contributed by atoms with van der Waals surface area (Å²) < 4.78 is 0. The maximum Gasteiger partial charge on any atom is 0.246 e. The van der Waals surface area contributed by atoms with Crippen LogP contribution in [0.2, 0.25) is 0 Å². The average Bonchev–Trinajstić information content (AvgIpc) is 3.81. The van der Waals surface area contributed by atoms with Crippen LogP contribution >= 0.6 is 0 Å². The molecule has 0 spiro atoms. The van der Waals surface area contributed by atoms with Crippen LogP contribution in [0.15, 0.2) is 4.99 Å². The zero-order valence-corrected chi connectivity index (χ0v) is 44.0.